The molecule has 0 atom stereocenters. The van der Waals surface area contributed by atoms with E-state index in [1.165, 1.54) is 0 Å². The van der Waals surface area contributed by atoms with Gasteiger partial charge in [0, 0.05) is 19.3 Å². The number of hydrogen-bond donors (Lipinski definition) is 2. The van der Waals surface area contributed by atoms with Crippen molar-refractivity contribution in [1.29, 1.82) is 0 Å². The highest BCUT2D eigenvalue weighted by atomic mass is 16.5. The summed E-state index contributed by atoms with van der Waals surface area (Å²) in [4.78, 5) is 4.26. The average Bonchev–Trinajstić information content (AvgIpc) is 2.89. The van der Waals surface area contributed by atoms with E-state index in [1.807, 2.05) is 24.1 Å². The van der Waals surface area contributed by atoms with Crippen LogP contribution in [0.1, 0.15) is 5.69 Å². The van der Waals surface area contributed by atoms with Crippen LogP contribution < -0.4 is 5.32 Å². The summed E-state index contributed by atoms with van der Waals surface area (Å²) < 4.78 is 17.8. The Morgan fingerprint density at radius 2 is 1.75 bits per heavy atom. The van der Waals surface area contributed by atoms with E-state index >= 15 is 0 Å². The Morgan fingerprint density at radius 3 is 2.40 bits per heavy atom. The highest BCUT2D eigenvalue weighted by Gasteiger charge is 1.97. The maximum absolute atomic E-state index is 8.50. The lowest BCUT2D eigenvalue weighted by Gasteiger charge is -2.06. The largest absolute Gasteiger partial charge is 0.394 e. The van der Waals surface area contributed by atoms with Gasteiger partial charge in [-0.2, -0.15) is 0 Å². The van der Waals surface area contributed by atoms with Gasteiger partial charge in [0.1, 0.15) is 0 Å². The van der Waals surface area contributed by atoms with E-state index in [4.69, 9.17) is 19.3 Å². The number of aliphatic hydroxyl groups excluding tert-OH is 1. The molecular formula is C13H25N3O4. The van der Waals surface area contributed by atoms with Crippen molar-refractivity contribution in [1.82, 2.24) is 14.9 Å². The molecule has 1 heterocycles. The number of nitrogens with one attached hydrogen (secondary N) is 1. The Bertz CT molecular complexity index is 333. The van der Waals surface area contributed by atoms with Crippen LogP contribution in [0.3, 0.4) is 0 Å². The third-order valence-electron chi connectivity index (χ3n) is 2.52. The van der Waals surface area contributed by atoms with Gasteiger partial charge in [0.15, 0.2) is 0 Å². The van der Waals surface area contributed by atoms with E-state index in [-0.39, 0.29) is 6.61 Å². The fourth-order valence-electron chi connectivity index (χ4n) is 1.58. The molecule has 1 aromatic heterocycles. The zero-order chi connectivity index (χ0) is 14.5. The van der Waals surface area contributed by atoms with Crippen LogP contribution in [0.4, 0.5) is 0 Å². The lowest BCUT2D eigenvalue weighted by molar-refractivity contribution is 0.00663. The third kappa shape index (κ3) is 8.23. The van der Waals surface area contributed by atoms with Gasteiger partial charge in [-0.1, -0.05) is 0 Å². The molecule has 0 amide bonds. The van der Waals surface area contributed by atoms with Crippen LogP contribution in [0.5, 0.6) is 0 Å². The van der Waals surface area contributed by atoms with E-state index < -0.39 is 0 Å². The van der Waals surface area contributed by atoms with Gasteiger partial charge in [0.25, 0.3) is 0 Å². The van der Waals surface area contributed by atoms with Crippen LogP contribution in [0.15, 0.2) is 12.5 Å². The van der Waals surface area contributed by atoms with Crippen LogP contribution in [-0.2, 0) is 27.3 Å². The minimum absolute atomic E-state index is 0.0490. The van der Waals surface area contributed by atoms with E-state index in [0.717, 1.165) is 18.8 Å². The fourth-order valence-corrected chi connectivity index (χ4v) is 1.58. The van der Waals surface area contributed by atoms with Crippen molar-refractivity contribution in [3.63, 3.8) is 0 Å². The van der Waals surface area contributed by atoms with Crippen molar-refractivity contribution >= 4 is 0 Å². The van der Waals surface area contributed by atoms with Crippen LogP contribution in [-0.4, -0.2) is 68.0 Å². The molecule has 2 N–H and O–H groups in total. The Balaban J connectivity index is 1.89. The average molecular weight is 287 g/mol. The van der Waals surface area contributed by atoms with Crippen molar-refractivity contribution in [3.8, 4) is 0 Å². The van der Waals surface area contributed by atoms with Crippen molar-refractivity contribution in [2.45, 2.75) is 13.1 Å². The molecule has 1 rings (SSSR count). The molecule has 20 heavy (non-hydrogen) atoms. The number of aliphatic hydroxyl groups is 1. The molecule has 7 heteroatoms. The summed E-state index contributed by atoms with van der Waals surface area (Å²) in [6, 6.07) is 0. The van der Waals surface area contributed by atoms with Gasteiger partial charge in [0.05, 0.1) is 58.3 Å². The summed E-state index contributed by atoms with van der Waals surface area (Å²) in [5.41, 5.74) is 1.03. The number of hydrogen-bond acceptors (Lipinski definition) is 6. The van der Waals surface area contributed by atoms with Crippen LogP contribution >= 0.6 is 0 Å². The fraction of sp³-hybridized carbons (Fsp3) is 0.769. The van der Waals surface area contributed by atoms with E-state index in [2.05, 4.69) is 10.3 Å². The van der Waals surface area contributed by atoms with E-state index in [9.17, 15) is 0 Å². The lowest BCUT2D eigenvalue weighted by atomic mass is 10.5. The maximum Gasteiger partial charge on any atom is 0.0950 e. The molecule has 0 radical (unpaired) electrons. The summed E-state index contributed by atoms with van der Waals surface area (Å²) in [7, 11) is 1.90. The smallest absolute Gasteiger partial charge is 0.0950 e. The minimum Gasteiger partial charge on any atom is -0.394 e. The van der Waals surface area contributed by atoms with Crippen LogP contribution in [0.25, 0.3) is 0 Å². The summed E-state index contributed by atoms with van der Waals surface area (Å²) in [5.74, 6) is 0. The first-order chi connectivity index (χ1) is 9.86. The molecular weight excluding hydrogens is 262 g/mol. The number of imidazole rings is 1. The van der Waals surface area contributed by atoms with Crippen molar-refractivity contribution in [2.24, 2.45) is 0 Å². The van der Waals surface area contributed by atoms with Crippen LogP contribution in [0.2, 0.25) is 0 Å². The Labute approximate surface area is 119 Å². The zero-order valence-electron chi connectivity index (χ0n) is 12.1. The van der Waals surface area contributed by atoms with Crippen molar-refractivity contribution < 1.29 is 19.3 Å². The topological polar surface area (TPSA) is 77.8 Å². The minimum atomic E-state index is 0.0490. The molecule has 0 aromatic carbocycles. The summed E-state index contributed by atoms with van der Waals surface area (Å²) in [6.07, 6.45) is 3.82. The predicted octanol–water partition coefficient (Wildman–Crippen LogP) is -0.355. The van der Waals surface area contributed by atoms with Crippen molar-refractivity contribution in [3.05, 3.63) is 18.2 Å². The second-order valence-electron chi connectivity index (χ2n) is 4.19. The standard InChI is InChI=1S/C13H25N3O4/c1-14-10-13-11-16(12-15-13)2-4-18-6-8-20-9-7-19-5-3-17/h11-12,14,17H,2-10H2,1H3. The number of aromatic nitrogens is 2. The van der Waals surface area contributed by atoms with Gasteiger partial charge in [-0.25, -0.2) is 4.98 Å². The second kappa shape index (κ2) is 11.8. The van der Waals surface area contributed by atoms with Gasteiger partial charge >= 0.3 is 0 Å². The summed E-state index contributed by atoms with van der Waals surface area (Å²) >= 11 is 0. The highest BCUT2D eigenvalue weighted by molar-refractivity contribution is 4.95. The monoisotopic (exact) mass is 287 g/mol. The van der Waals surface area contributed by atoms with Gasteiger partial charge in [0.2, 0.25) is 0 Å². The Morgan fingerprint density at radius 1 is 1.10 bits per heavy atom. The second-order valence-corrected chi connectivity index (χ2v) is 4.19. The van der Waals surface area contributed by atoms with Gasteiger partial charge in [-0.3, -0.25) is 0 Å². The zero-order valence-corrected chi connectivity index (χ0v) is 12.1. The first kappa shape index (κ1) is 17.1. The van der Waals surface area contributed by atoms with Gasteiger partial charge in [-0.15, -0.1) is 0 Å². The summed E-state index contributed by atoms with van der Waals surface area (Å²) in [5, 5.41) is 11.6. The molecule has 0 saturated heterocycles. The summed E-state index contributed by atoms with van der Waals surface area (Å²) in [6.45, 7) is 4.77. The molecule has 0 bridgehead atoms. The predicted molar refractivity (Wildman–Crippen MR) is 74.5 cm³/mol. The number of rotatable bonds is 13. The van der Waals surface area contributed by atoms with Gasteiger partial charge in [-0.05, 0) is 7.05 Å². The SMILES string of the molecule is CNCc1cn(CCOCCOCCOCCO)cn1. The maximum atomic E-state index is 8.50. The van der Waals surface area contributed by atoms with E-state index in [1.54, 1.807) is 0 Å². The number of ether oxygens (including phenoxy) is 3. The molecule has 0 aliphatic rings. The van der Waals surface area contributed by atoms with Gasteiger partial charge < -0.3 is 29.2 Å². The molecule has 0 aliphatic heterocycles. The quantitative estimate of drug-likeness (QED) is 0.483. The first-order valence-electron chi connectivity index (χ1n) is 6.86. The number of nitrogens with zero attached hydrogens (tertiary/aromatic N) is 2. The molecule has 116 valence electrons. The third-order valence-corrected chi connectivity index (χ3v) is 2.52. The van der Waals surface area contributed by atoms with Crippen LogP contribution in [0, 0.1) is 0 Å². The molecule has 0 unspecified atom stereocenters. The first-order valence-corrected chi connectivity index (χ1v) is 6.86. The molecule has 0 saturated carbocycles. The normalized spacial score (nSPS) is 11.1. The van der Waals surface area contributed by atoms with Crippen molar-refractivity contribution in [2.75, 3.05) is 53.3 Å². The Kier molecular flexibility index (Phi) is 10.1. The lowest BCUT2D eigenvalue weighted by Crippen LogP contribution is -2.12. The van der Waals surface area contributed by atoms with E-state index in [0.29, 0.717) is 39.6 Å². The molecule has 7 nitrogen and oxygen atoms in total. The Hall–Kier alpha value is -0.990. The molecule has 0 spiro atoms. The highest BCUT2D eigenvalue weighted by Crippen LogP contribution is 1.95. The molecule has 0 aliphatic carbocycles. The molecule has 1 aromatic rings. The molecule has 0 fully saturated rings.